The number of ether oxygens (including phenoxy) is 1. The van der Waals surface area contributed by atoms with Crippen molar-refractivity contribution in [3.8, 4) is 5.75 Å². The molecule has 1 heterocycles. The van der Waals surface area contributed by atoms with E-state index in [0.717, 1.165) is 55.0 Å². The number of carbonyl (C=O) groups excluding carboxylic acids is 1. The lowest BCUT2D eigenvalue weighted by molar-refractivity contribution is 0.102. The van der Waals surface area contributed by atoms with E-state index in [0.29, 0.717) is 5.56 Å². The maximum Gasteiger partial charge on any atom is 0.255 e. The molecule has 0 saturated carbocycles. The Labute approximate surface area is 148 Å². The Hall–Kier alpha value is -2.82. The van der Waals surface area contributed by atoms with Crippen LogP contribution >= 0.6 is 0 Å². The number of carbonyl (C=O) groups is 1. The molecule has 0 radical (unpaired) electrons. The molecule has 25 heavy (non-hydrogen) atoms. The topological polar surface area (TPSA) is 62.7 Å². The van der Waals surface area contributed by atoms with Gasteiger partial charge in [0.2, 0.25) is 0 Å². The molecule has 5 heteroatoms. The highest BCUT2D eigenvalue weighted by Gasteiger charge is 2.12. The average Bonchev–Trinajstić information content (AvgIpc) is 2.65. The first-order valence-electron chi connectivity index (χ1n) is 8.69. The molecule has 0 aliphatic carbocycles. The van der Waals surface area contributed by atoms with Crippen LogP contribution in [0, 0.1) is 0 Å². The summed E-state index contributed by atoms with van der Waals surface area (Å²) in [4.78, 5) is 12.4. The minimum Gasteiger partial charge on any atom is -0.493 e. The minimum absolute atomic E-state index is 0.121. The van der Waals surface area contributed by atoms with Crippen LogP contribution in [0.25, 0.3) is 0 Å². The van der Waals surface area contributed by atoms with Crippen molar-refractivity contribution in [2.75, 3.05) is 18.5 Å². The van der Waals surface area contributed by atoms with E-state index in [1.807, 2.05) is 30.3 Å². The van der Waals surface area contributed by atoms with Gasteiger partial charge in [0.1, 0.15) is 5.75 Å². The van der Waals surface area contributed by atoms with Crippen LogP contribution in [-0.4, -0.2) is 25.3 Å². The first-order valence-corrected chi connectivity index (χ1v) is 8.69. The standard InChI is InChI=1S/C20H23N3O2/c1-2-11-21-22-14-15-5-7-16(8-6-15)20(24)23-18-9-10-19-17(13-18)4-3-12-25-19/h5-10,13-14,21H,2-4,11-12H2,1H3,(H,23,24). The van der Waals surface area contributed by atoms with E-state index in [1.165, 1.54) is 0 Å². The van der Waals surface area contributed by atoms with Crippen molar-refractivity contribution in [1.82, 2.24) is 5.43 Å². The zero-order valence-corrected chi connectivity index (χ0v) is 14.4. The Morgan fingerprint density at radius 1 is 1.24 bits per heavy atom. The van der Waals surface area contributed by atoms with Crippen molar-refractivity contribution in [3.05, 3.63) is 59.2 Å². The molecule has 1 amide bonds. The second-order valence-electron chi connectivity index (χ2n) is 6.02. The maximum atomic E-state index is 12.4. The molecular weight excluding hydrogens is 314 g/mol. The zero-order valence-electron chi connectivity index (χ0n) is 14.4. The average molecular weight is 337 g/mol. The van der Waals surface area contributed by atoms with Gasteiger partial charge in [0.25, 0.3) is 5.91 Å². The number of anilines is 1. The molecule has 0 bridgehead atoms. The van der Waals surface area contributed by atoms with E-state index in [1.54, 1.807) is 18.3 Å². The van der Waals surface area contributed by atoms with Crippen LogP contribution in [-0.2, 0) is 6.42 Å². The fourth-order valence-electron chi connectivity index (χ4n) is 2.66. The molecule has 0 fully saturated rings. The van der Waals surface area contributed by atoms with E-state index in [9.17, 15) is 4.79 Å². The normalized spacial score (nSPS) is 13.2. The number of aryl methyl sites for hydroxylation is 1. The van der Waals surface area contributed by atoms with Gasteiger partial charge in [0.15, 0.2) is 0 Å². The molecule has 1 aliphatic heterocycles. The Bertz CT molecular complexity index is 754. The van der Waals surface area contributed by atoms with Gasteiger partial charge in [0.05, 0.1) is 12.8 Å². The van der Waals surface area contributed by atoms with Crippen LogP contribution in [0.1, 0.15) is 41.3 Å². The zero-order chi connectivity index (χ0) is 17.5. The van der Waals surface area contributed by atoms with E-state index in [-0.39, 0.29) is 5.91 Å². The highest BCUT2D eigenvalue weighted by Crippen LogP contribution is 2.27. The molecular formula is C20H23N3O2. The number of hydrogen-bond donors (Lipinski definition) is 2. The van der Waals surface area contributed by atoms with Gasteiger partial charge in [-0.2, -0.15) is 5.10 Å². The van der Waals surface area contributed by atoms with Crippen LogP contribution < -0.4 is 15.5 Å². The second-order valence-corrected chi connectivity index (χ2v) is 6.02. The SMILES string of the molecule is CCCNN=Cc1ccc(C(=O)Nc2ccc3c(c2)CCCO3)cc1. The van der Waals surface area contributed by atoms with Crippen LogP contribution in [0.15, 0.2) is 47.6 Å². The highest BCUT2D eigenvalue weighted by atomic mass is 16.5. The Morgan fingerprint density at radius 3 is 2.88 bits per heavy atom. The summed E-state index contributed by atoms with van der Waals surface area (Å²) >= 11 is 0. The summed E-state index contributed by atoms with van der Waals surface area (Å²) in [5.74, 6) is 0.800. The third-order valence-electron chi connectivity index (χ3n) is 4.01. The third-order valence-corrected chi connectivity index (χ3v) is 4.01. The number of amides is 1. The number of nitrogens with one attached hydrogen (secondary N) is 2. The van der Waals surface area contributed by atoms with Gasteiger partial charge in [-0.05, 0) is 60.7 Å². The summed E-state index contributed by atoms with van der Waals surface area (Å²) in [6.45, 7) is 3.70. The molecule has 130 valence electrons. The van der Waals surface area contributed by atoms with Crippen LogP contribution in [0.2, 0.25) is 0 Å². The van der Waals surface area contributed by atoms with E-state index >= 15 is 0 Å². The molecule has 1 aliphatic rings. The third kappa shape index (κ3) is 4.59. The number of benzene rings is 2. The molecule has 0 atom stereocenters. The van der Waals surface area contributed by atoms with Gasteiger partial charge in [-0.15, -0.1) is 0 Å². The molecule has 5 nitrogen and oxygen atoms in total. The Balaban J connectivity index is 1.62. The number of fused-ring (bicyclic) bond motifs is 1. The molecule has 2 N–H and O–H groups in total. The van der Waals surface area contributed by atoms with Gasteiger partial charge < -0.3 is 15.5 Å². The van der Waals surface area contributed by atoms with Crippen molar-refractivity contribution in [3.63, 3.8) is 0 Å². The van der Waals surface area contributed by atoms with Crippen molar-refractivity contribution < 1.29 is 9.53 Å². The fourth-order valence-corrected chi connectivity index (χ4v) is 2.66. The smallest absolute Gasteiger partial charge is 0.255 e. The highest BCUT2D eigenvalue weighted by molar-refractivity contribution is 6.04. The Morgan fingerprint density at radius 2 is 2.08 bits per heavy atom. The van der Waals surface area contributed by atoms with Gasteiger partial charge in [-0.3, -0.25) is 4.79 Å². The van der Waals surface area contributed by atoms with E-state index in [4.69, 9.17) is 4.74 Å². The quantitative estimate of drug-likeness (QED) is 0.481. The van der Waals surface area contributed by atoms with Crippen molar-refractivity contribution in [2.45, 2.75) is 26.2 Å². The van der Waals surface area contributed by atoms with Gasteiger partial charge in [-0.25, -0.2) is 0 Å². The maximum absolute atomic E-state index is 12.4. The number of nitrogens with zero attached hydrogens (tertiary/aromatic N) is 1. The molecule has 2 aromatic rings. The minimum atomic E-state index is -0.121. The number of hydrogen-bond acceptors (Lipinski definition) is 4. The monoisotopic (exact) mass is 337 g/mol. The van der Waals surface area contributed by atoms with Crippen LogP contribution in [0.3, 0.4) is 0 Å². The Kier molecular flexibility index (Phi) is 5.67. The predicted octanol–water partition coefficient (Wildman–Crippen LogP) is 3.60. The lowest BCUT2D eigenvalue weighted by Crippen LogP contribution is -2.13. The molecule has 3 rings (SSSR count). The van der Waals surface area contributed by atoms with Crippen LogP contribution in [0.5, 0.6) is 5.75 Å². The summed E-state index contributed by atoms with van der Waals surface area (Å²) < 4.78 is 5.60. The molecule has 0 aromatic heterocycles. The van der Waals surface area contributed by atoms with Crippen molar-refractivity contribution >= 4 is 17.8 Å². The first kappa shape index (κ1) is 17.0. The number of hydrazone groups is 1. The summed E-state index contributed by atoms with van der Waals surface area (Å²) in [6, 6.07) is 13.2. The predicted molar refractivity (Wildman–Crippen MR) is 101 cm³/mol. The molecule has 0 saturated heterocycles. The summed E-state index contributed by atoms with van der Waals surface area (Å²) in [7, 11) is 0. The lowest BCUT2D eigenvalue weighted by atomic mass is 10.1. The first-order chi connectivity index (χ1) is 12.3. The molecule has 2 aromatic carbocycles. The summed E-state index contributed by atoms with van der Waals surface area (Å²) in [5, 5.41) is 7.07. The van der Waals surface area contributed by atoms with E-state index < -0.39 is 0 Å². The van der Waals surface area contributed by atoms with Gasteiger partial charge >= 0.3 is 0 Å². The van der Waals surface area contributed by atoms with Gasteiger partial charge in [0, 0.05) is 17.8 Å². The van der Waals surface area contributed by atoms with Crippen molar-refractivity contribution in [2.24, 2.45) is 5.10 Å². The molecule has 0 unspecified atom stereocenters. The van der Waals surface area contributed by atoms with Crippen molar-refractivity contribution in [1.29, 1.82) is 0 Å². The largest absolute Gasteiger partial charge is 0.493 e. The molecule has 0 spiro atoms. The fraction of sp³-hybridized carbons (Fsp3) is 0.300. The summed E-state index contributed by atoms with van der Waals surface area (Å²) in [6.07, 6.45) is 4.78. The van der Waals surface area contributed by atoms with Crippen LogP contribution in [0.4, 0.5) is 5.69 Å². The van der Waals surface area contributed by atoms with E-state index in [2.05, 4.69) is 22.8 Å². The van der Waals surface area contributed by atoms with Gasteiger partial charge in [-0.1, -0.05) is 19.1 Å². The lowest BCUT2D eigenvalue weighted by Gasteiger charge is -2.18. The number of rotatable bonds is 6. The summed E-state index contributed by atoms with van der Waals surface area (Å²) in [5.41, 5.74) is 6.47. The second kappa shape index (κ2) is 8.33.